The molecule has 1 aromatic heterocycles. The summed E-state index contributed by atoms with van der Waals surface area (Å²) >= 11 is 1.34. The van der Waals surface area contributed by atoms with Crippen LogP contribution in [-0.4, -0.2) is 35.7 Å². The summed E-state index contributed by atoms with van der Waals surface area (Å²) in [5, 5.41) is 12.4. The largest absolute Gasteiger partial charge is 0.497 e. The van der Waals surface area contributed by atoms with Crippen molar-refractivity contribution >= 4 is 34.0 Å². The summed E-state index contributed by atoms with van der Waals surface area (Å²) in [5.74, 6) is 0.744. The van der Waals surface area contributed by atoms with E-state index in [4.69, 9.17) is 4.74 Å². The Morgan fingerprint density at radius 1 is 1.16 bits per heavy atom. The fraction of sp³-hybridized carbons (Fsp3) is 0.304. The average Bonchev–Trinajstić information content (AvgIpc) is 3.40. The first-order valence-corrected chi connectivity index (χ1v) is 11.0. The first kappa shape index (κ1) is 21.0. The molecule has 31 heavy (non-hydrogen) atoms. The minimum Gasteiger partial charge on any atom is -0.497 e. The molecule has 0 spiro atoms. The van der Waals surface area contributed by atoms with Crippen molar-refractivity contribution in [1.82, 2.24) is 10.2 Å². The molecular weight excluding hydrogens is 412 g/mol. The number of carbonyl (C=O) groups excluding carboxylic acids is 2. The Kier molecular flexibility index (Phi) is 6.27. The van der Waals surface area contributed by atoms with Crippen LogP contribution in [0.5, 0.6) is 5.75 Å². The van der Waals surface area contributed by atoms with E-state index in [0.717, 1.165) is 27.6 Å². The van der Waals surface area contributed by atoms with Crippen LogP contribution in [0.25, 0.3) is 0 Å². The molecule has 1 saturated heterocycles. The summed E-state index contributed by atoms with van der Waals surface area (Å²) in [6.45, 7) is 2.59. The van der Waals surface area contributed by atoms with Gasteiger partial charge >= 0.3 is 0 Å². The van der Waals surface area contributed by atoms with E-state index < -0.39 is 0 Å². The number of aryl methyl sites for hydroxylation is 2. The Bertz CT molecular complexity index is 1060. The lowest BCUT2D eigenvalue weighted by Crippen LogP contribution is -2.24. The van der Waals surface area contributed by atoms with E-state index in [1.54, 1.807) is 12.0 Å². The number of nitrogens with one attached hydrogen (secondary N) is 1. The first-order chi connectivity index (χ1) is 15.0. The van der Waals surface area contributed by atoms with Gasteiger partial charge in [-0.2, -0.15) is 0 Å². The van der Waals surface area contributed by atoms with Crippen molar-refractivity contribution in [1.29, 1.82) is 0 Å². The van der Waals surface area contributed by atoms with Crippen molar-refractivity contribution in [3.63, 3.8) is 0 Å². The molecule has 1 N–H and O–H groups in total. The van der Waals surface area contributed by atoms with E-state index >= 15 is 0 Å². The van der Waals surface area contributed by atoms with E-state index in [-0.39, 0.29) is 17.7 Å². The summed E-state index contributed by atoms with van der Waals surface area (Å²) in [6, 6.07) is 15.6. The summed E-state index contributed by atoms with van der Waals surface area (Å²) in [5.41, 5.74) is 3.12. The van der Waals surface area contributed by atoms with Gasteiger partial charge in [0, 0.05) is 31.0 Å². The molecule has 1 atom stereocenters. The second-order valence-corrected chi connectivity index (χ2v) is 8.59. The lowest BCUT2D eigenvalue weighted by atomic mass is 10.1. The highest BCUT2D eigenvalue weighted by Crippen LogP contribution is 2.34. The third-order valence-corrected chi connectivity index (χ3v) is 6.31. The van der Waals surface area contributed by atoms with Gasteiger partial charge in [-0.3, -0.25) is 9.59 Å². The highest BCUT2D eigenvalue weighted by atomic mass is 32.1. The molecule has 2 amide bonds. The number of methoxy groups -OCH3 is 1. The molecule has 2 heterocycles. The van der Waals surface area contributed by atoms with E-state index in [2.05, 4.69) is 15.5 Å². The van der Waals surface area contributed by atoms with Crippen LogP contribution in [0.15, 0.2) is 48.5 Å². The smallest absolute Gasteiger partial charge is 0.227 e. The molecular formula is C23H24N4O3S. The predicted molar refractivity (Wildman–Crippen MR) is 121 cm³/mol. The number of anilines is 2. The Hall–Kier alpha value is -3.26. The molecule has 0 bridgehead atoms. The standard InChI is InChI=1S/C23H24N4O3S/c1-15-3-8-18(9-4-15)27-14-17(13-21(27)29)22-25-26-23(31-22)24-20(28)12-7-16-5-10-19(30-2)11-6-16/h3-6,8-11,17H,7,12-14H2,1-2H3,(H,24,26,28)/t17-/m0/s1. The maximum atomic E-state index is 12.5. The third kappa shape index (κ3) is 5.08. The average molecular weight is 437 g/mol. The molecule has 2 aromatic carbocycles. The Morgan fingerprint density at radius 2 is 1.90 bits per heavy atom. The zero-order valence-corrected chi connectivity index (χ0v) is 18.3. The van der Waals surface area contributed by atoms with Crippen molar-refractivity contribution in [3.8, 4) is 5.75 Å². The molecule has 8 heteroatoms. The number of amides is 2. The van der Waals surface area contributed by atoms with Gasteiger partial charge in [-0.1, -0.05) is 41.2 Å². The molecule has 1 aliphatic rings. The van der Waals surface area contributed by atoms with Crippen LogP contribution < -0.4 is 15.0 Å². The number of carbonyl (C=O) groups is 2. The number of ether oxygens (including phenoxy) is 1. The number of hydrogen-bond donors (Lipinski definition) is 1. The lowest BCUT2D eigenvalue weighted by molar-refractivity contribution is -0.117. The van der Waals surface area contributed by atoms with Crippen LogP contribution in [-0.2, 0) is 16.0 Å². The summed E-state index contributed by atoms with van der Waals surface area (Å²) in [4.78, 5) is 26.6. The molecule has 3 aromatic rings. The van der Waals surface area contributed by atoms with Gasteiger partial charge in [-0.25, -0.2) is 0 Å². The van der Waals surface area contributed by atoms with Gasteiger partial charge in [0.25, 0.3) is 0 Å². The van der Waals surface area contributed by atoms with Gasteiger partial charge in [0.2, 0.25) is 16.9 Å². The molecule has 1 aliphatic heterocycles. The summed E-state index contributed by atoms with van der Waals surface area (Å²) in [7, 11) is 1.63. The highest BCUT2D eigenvalue weighted by molar-refractivity contribution is 7.15. The maximum absolute atomic E-state index is 12.5. The zero-order chi connectivity index (χ0) is 21.8. The molecule has 1 fully saturated rings. The molecule has 160 valence electrons. The quantitative estimate of drug-likeness (QED) is 0.606. The third-order valence-electron chi connectivity index (χ3n) is 5.31. The minimum atomic E-state index is -0.109. The zero-order valence-electron chi connectivity index (χ0n) is 17.5. The van der Waals surface area contributed by atoms with Crippen LogP contribution in [0.1, 0.15) is 34.9 Å². The van der Waals surface area contributed by atoms with Crippen molar-refractivity contribution < 1.29 is 14.3 Å². The molecule has 0 unspecified atom stereocenters. The van der Waals surface area contributed by atoms with E-state index in [1.807, 2.05) is 55.5 Å². The Balaban J connectivity index is 1.32. The first-order valence-electron chi connectivity index (χ1n) is 10.1. The molecule has 0 aliphatic carbocycles. The van der Waals surface area contributed by atoms with Crippen molar-refractivity contribution in [2.45, 2.75) is 32.1 Å². The van der Waals surface area contributed by atoms with Crippen molar-refractivity contribution in [2.75, 3.05) is 23.9 Å². The monoisotopic (exact) mass is 436 g/mol. The Morgan fingerprint density at radius 3 is 2.61 bits per heavy atom. The highest BCUT2D eigenvalue weighted by Gasteiger charge is 2.33. The second-order valence-electron chi connectivity index (χ2n) is 7.58. The van der Waals surface area contributed by atoms with Gasteiger partial charge in [-0.05, 0) is 43.2 Å². The van der Waals surface area contributed by atoms with Crippen molar-refractivity contribution in [3.05, 3.63) is 64.7 Å². The Labute approximate surface area is 185 Å². The number of rotatable bonds is 7. The SMILES string of the molecule is COc1ccc(CCC(=O)Nc2nnc([C@H]3CC(=O)N(c4ccc(C)cc4)C3)s2)cc1. The van der Waals surface area contributed by atoms with Crippen molar-refractivity contribution in [2.24, 2.45) is 0 Å². The van der Waals surface area contributed by atoms with E-state index in [0.29, 0.717) is 30.9 Å². The van der Waals surface area contributed by atoms with Crippen LogP contribution in [0.4, 0.5) is 10.8 Å². The fourth-order valence-corrected chi connectivity index (χ4v) is 4.38. The molecule has 4 rings (SSSR count). The van der Waals surface area contributed by atoms with Gasteiger partial charge in [-0.15, -0.1) is 10.2 Å². The lowest BCUT2D eigenvalue weighted by Gasteiger charge is -2.16. The van der Waals surface area contributed by atoms with Crippen LogP contribution in [0, 0.1) is 6.92 Å². The number of nitrogens with zero attached hydrogens (tertiary/aromatic N) is 3. The fourth-order valence-electron chi connectivity index (χ4n) is 3.53. The summed E-state index contributed by atoms with van der Waals surface area (Å²) in [6.07, 6.45) is 1.38. The summed E-state index contributed by atoms with van der Waals surface area (Å²) < 4.78 is 5.14. The number of benzene rings is 2. The van der Waals surface area contributed by atoms with Gasteiger partial charge in [0.1, 0.15) is 10.8 Å². The molecule has 0 radical (unpaired) electrons. The second kappa shape index (κ2) is 9.26. The van der Waals surface area contributed by atoms with Gasteiger partial charge in [0.15, 0.2) is 0 Å². The van der Waals surface area contributed by atoms with Crippen LogP contribution in [0.2, 0.25) is 0 Å². The topological polar surface area (TPSA) is 84.4 Å². The number of hydrogen-bond acceptors (Lipinski definition) is 6. The molecule has 0 saturated carbocycles. The van der Waals surface area contributed by atoms with Gasteiger partial charge < -0.3 is 15.0 Å². The number of aromatic nitrogens is 2. The normalized spacial score (nSPS) is 15.9. The van der Waals surface area contributed by atoms with Gasteiger partial charge in [0.05, 0.1) is 7.11 Å². The maximum Gasteiger partial charge on any atom is 0.227 e. The molecule has 7 nitrogen and oxygen atoms in total. The van der Waals surface area contributed by atoms with E-state index in [1.165, 1.54) is 11.3 Å². The van der Waals surface area contributed by atoms with E-state index in [9.17, 15) is 9.59 Å². The van der Waals surface area contributed by atoms with Crippen LogP contribution >= 0.6 is 11.3 Å². The van der Waals surface area contributed by atoms with Crippen LogP contribution in [0.3, 0.4) is 0 Å². The minimum absolute atomic E-state index is 0.0174. The predicted octanol–water partition coefficient (Wildman–Crippen LogP) is 3.95.